The molecule has 2 rings (SSSR count). The Bertz CT molecular complexity index is 683. The molecule has 0 aliphatic heterocycles. The van der Waals surface area contributed by atoms with Crippen LogP contribution in [-0.4, -0.2) is 25.2 Å². The van der Waals surface area contributed by atoms with E-state index in [1.165, 1.54) is 0 Å². The Morgan fingerprint density at radius 1 is 0.913 bits per heavy atom. The SMILES string of the molecule is CCOC(=O)c1ccc(C(=O)OCC)c(Nc2ccccc2)c1. The van der Waals surface area contributed by atoms with Gasteiger partial charge in [0.1, 0.15) is 0 Å². The van der Waals surface area contributed by atoms with Gasteiger partial charge in [0, 0.05) is 5.69 Å². The van der Waals surface area contributed by atoms with Crippen molar-refractivity contribution in [3.8, 4) is 0 Å². The van der Waals surface area contributed by atoms with Crippen LogP contribution in [0.25, 0.3) is 0 Å². The summed E-state index contributed by atoms with van der Waals surface area (Å²) < 4.78 is 10.1. The van der Waals surface area contributed by atoms with Gasteiger partial charge < -0.3 is 14.8 Å². The van der Waals surface area contributed by atoms with Crippen LogP contribution in [0.2, 0.25) is 0 Å². The van der Waals surface area contributed by atoms with E-state index in [0.717, 1.165) is 5.69 Å². The lowest BCUT2D eigenvalue weighted by molar-refractivity contribution is 0.0512. The van der Waals surface area contributed by atoms with Crippen molar-refractivity contribution in [1.82, 2.24) is 0 Å². The van der Waals surface area contributed by atoms with Gasteiger partial charge >= 0.3 is 11.9 Å². The molecule has 0 heterocycles. The van der Waals surface area contributed by atoms with Crippen LogP contribution in [0.1, 0.15) is 34.6 Å². The zero-order chi connectivity index (χ0) is 16.7. The number of ether oxygens (including phenoxy) is 2. The molecule has 0 aromatic heterocycles. The van der Waals surface area contributed by atoms with Gasteiger partial charge in [0.05, 0.1) is 30.0 Å². The van der Waals surface area contributed by atoms with Gasteiger partial charge in [-0.2, -0.15) is 0 Å². The summed E-state index contributed by atoms with van der Waals surface area (Å²) in [4.78, 5) is 24.0. The molecule has 0 aliphatic carbocycles. The number of benzene rings is 2. The fourth-order valence-corrected chi connectivity index (χ4v) is 2.05. The fraction of sp³-hybridized carbons (Fsp3) is 0.222. The lowest BCUT2D eigenvalue weighted by Crippen LogP contribution is -2.11. The van der Waals surface area contributed by atoms with Gasteiger partial charge in [-0.15, -0.1) is 0 Å². The Balaban J connectivity index is 2.38. The van der Waals surface area contributed by atoms with Crippen molar-refractivity contribution in [2.75, 3.05) is 18.5 Å². The molecular formula is C18H19NO4. The van der Waals surface area contributed by atoms with Gasteiger partial charge in [0.15, 0.2) is 0 Å². The first kappa shape index (κ1) is 16.5. The summed E-state index contributed by atoms with van der Waals surface area (Å²) in [7, 11) is 0. The molecule has 0 unspecified atom stereocenters. The van der Waals surface area contributed by atoms with E-state index in [0.29, 0.717) is 23.4 Å². The number of carbonyl (C=O) groups is 2. The third kappa shape index (κ3) is 4.32. The van der Waals surface area contributed by atoms with Crippen LogP contribution < -0.4 is 5.32 Å². The van der Waals surface area contributed by atoms with Crippen molar-refractivity contribution in [3.63, 3.8) is 0 Å². The lowest BCUT2D eigenvalue weighted by atomic mass is 10.1. The molecule has 0 radical (unpaired) electrons. The van der Waals surface area contributed by atoms with Crippen molar-refractivity contribution < 1.29 is 19.1 Å². The highest BCUT2D eigenvalue weighted by molar-refractivity contribution is 5.99. The minimum absolute atomic E-state index is 0.281. The van der Waals surface area contributed by atoms with Gasteiger partial charge in [-0.1, -0.05) is 18.2 Å². The Hall–Kier alpha value is -2.82. The minimum atomic E-state index is -0.443. The van der Waals surface area contributed by atoms with E-state index in [1.807, 2.05) is 30.3 Å². The number of anilines is 2. The summed E-state index contributed by atoms with van der Waals surface area (Å²) in [5, 5.41) is 3.14. The number of hydrogen-bond acceptors (Lipinski definition) is 5. The van der Waals surface area contributed by atoms with Crippen LogP contribution in [0.15, 0.2) is 48.5 Å². The normalized spacial score (nSPS) is 10.0. The van der Waals surface area contributed by atoms with E-state index in [-0.39, 0.29) is 6.61 Å². The third-order valence-corrected chi connectivity index (χ3v) is 3.08. The van der Waals surface area contributed by atoms with Gasteiger partial charge in [-0.05, 0) is 44.2 Å². The molecule has 0 atom stereocenters. The second-order valence-corrected chi connectivity index (χ2v) is 4.69. The molecule has 120 valence electrons. The smallest absolute Gasteiger partial charge is 0.340 e. The summed E-state index contributed by atoms with van der Waals surface area (Å²) in [5.41, 5.74) is 2.04. The predicted octanol–water partition coefficient (Wildman–Crippen LogP) is 3.78. The van der Waals surface area contributed by atoms with Gasteiger partial charge in [0.2, 0.25) is 0 Å². The summed E-state index contributed by atoms with van der Waals surface area (Å²) in [6.45, 7) is 4.06. The van der Waals surface area contributed by atoms with E-state index in [4.69, 9.17) is 9.47 Å². The number of rotatable bonds is 6. The fourth-order valence-electron chi connectivity index (χ4n) is 2.05. The Kier molecular flexibility index (Phi) is 5.74. The van der Waals surface area contributed by atoms with Crippen LogP contribution in [0.3, 0.4) is 0 Å². The molecular weight excluding hydrogens is 294 g/mol. The Labute approximate surface area is 135 Å². The molecule has 23 heavy (non-hydrogen) atoms. The zero-order valence-corrected chi connectivity index (χ0v) is 13.2. The average molecular weight is 313 g/mol. The molecule has 0 bridgehead atoms. The molecule has 0 saturated heterocycles. The Morgan fingerprint density at radius 3 is 2.22 bits per heavy atom. The van der Waals surface area contributed by atoms with E-state index >= 15 is 0 Å². The van der Waals surface area contributed by atoms with E-state index < -0.39 is 11.9 Å². The first-order valence-electron chi connectivity index (χ1n) is 7.46. The van der Waals surface area contributed by atoms with Crippen molar-refractivity contribution in [2.24, 2.45) is 0 Å². The standard InChI is InChI=1S/C18H19NO4/c1-3-22-17(20)13-10-11-15(18(21)23-4-2)16(12-13)19-14-8-6-5-7-9-14/h5-12,19H,3-4H2,1-2H3. The maximum atomic E-state index is 12.1. The summed E-state index contributed by atoms with van der Waals surface area (Å²) >= 11 is 0. The maximum Gasteiger partial charge on any atom is 0.340 e. The molecule has 0 aliphatic rings. The van der Waals surface area contributed by atoms with E-state index in [2.05, 4.69) is 5.32 Å². The van der Waals surface area contributed by atoms with Gasteiger partial charge in [-0.25, -0.2) is 9.59 Å². The number of carbonyl (C=O) groups excluding carboxylic acids is 2. The molecule has 1 N–H and O–H groups in total. The highest BCUT2D eigenvalue weighted by Crippen LogP contribution is 2.24. The first-order valence-corrected chi connectivity index (χ1v) is 7.46. The molecule has 0 saturated carbocycles. The van der Waals surface area contributed by atoms with Crippen molar-refractivity contribution in [3.05, 3.63) is 59.7 Å². The maximum absolute atomic E-state index is 12.1. The van der Waals surface area contributed by atoms with E-state index in [1.54, 1.807) is 32.0 Å². The van der Waals surface area contributed by atoms with Crippen LogP contribution >= 0.6 is 0 Å². The molecule has 0 fully saturated rings. The molecule has 0 amide bonds. The summed E-state index contributed by atoms with van der Waals surface area (Å²) in [6, 6.07) is 14.1. The topological polar surface area (TPSA) is 64.6 Å². The van der Waals surface area contributed by atoms with Crippen molar-refractivity contribution in [1.29, 1.82) is 0 Å². The summed E-state index contributed by atoms with van der Waals surface area (Å²) in [6.07, 6.45) is 0. The van der Waals surface area contributed by atoms with Crippen molar-refractivity contribution >= 4 is 23.3 Å². The zero-order valence-electron chi connectivity index (χ0n) is 13.2. The first-order chi connectivity index (χ1) is 11.2. The molecule has 2 aromatic carbocycles. The van der Waals surface area contributed by atoms with Crippen LogP contribution in [0.5, 0.6) is 0 Å². The number of nitrogens with one attached hydrogen (secondary N) is 1. The molecule has 5 heteroatoms. The van der Waals surface area contributed by atoms with Crippen LogP contribution in [-0.2, 0) is 9.47 Å². The number of para-hydroxylation sites is 1. The second-order valence-electron chi connectivity index (χ2n) is 4.69. The van der Waals surface area contributed by atoms with Gasteiger partial charge in [-0.3, -0.25) is 0 Å². The second kappa shape index (κ2) is 7.98. The largest absolute Gasteiger partial charge is 0.462 e. The number of esters is 2. The highest BCUT2D eigenvalue weighted by Gasteiger charge is 2.16. The van der Waals surface area contributed by atoms with Crippen LogP contribution in [0, 0.1) is 0 Å². The predicted molar refractivity (Wildman–Crippen MR) is 88.1 cm³/mol. The molecule has 5 nitrogen and oxygen atoms in total. The minimum Gasteiger partial charge on any atom is -0.462 e. The quantitative estimate of drug-likeness (QED) is 0.822. The Morgan fingerprint density at radius 2 is 1.57 bits per heavy atom. The van der Waals surface area contributed by atoms with E-state index in [9.17, 15) is 9.59 Å². The number of hydrogen-bond donors (Lipinski definition) is 1. The van der Waals surface area contributed by atoms with Crippen molar-refractivity contribution in [2.45, 2.75) is 13.8 Å². The monoisotopic (exact) mass is 313 g/mol. The summed E-state index contributed by atoms with van der Waals surface area (Å²) in [5.74, 6) is -0.875. The lowest BCUT2D eigenvalue weighted by Gasteiger charge is -2.13. The average Bonchev–Trinajstić information content (AvgIpc) is 2.56. The highest BCUT2D eigenvalue weighted by atomic mass is 16.5. The van der Waals surface area contributed by atoms with Crippen LogP contribution in [0.4, 0.5) is 11.4 Å². The van der Waals surface area contributed by atoms with Gasteiger partial charge in [0.25, 0.3) is 0 Å². The molecule has 2 aromatic rings. The third-order valence-electron chi connectivity index (χ3n) is 3.08. The molecule has 0 spiro atoms.